The zero-order chi connectivity index (χ0) is 18.7. The molecule has 1 aliphatic rings. The lowest BCUT2D eigenvalue weighted by atomic mass is 10.2. The van der Waals surface area contributed by atoms with Crippen LogP contribution in [0.15, 0.2) is 42.5 Å². The first-order chi connectivity index (χ1) is 12.5. The Balaban J connectivity index is 1.70. The Morgan fingerprint density at radius 2 is 1.81 bits per heavy atom. The molecule has 1 atom stereocenters. The van der Waals surface area contributed by atoms with Crippen molar-refractivity contribution in [2.45, 2.75) is 12.5 Å². The van der Waals surface area contributed by atoms with Crippen molar-refractivity contribution in [3.8, 4) is 11.5 Å². The van der Waals surface area contributed by atoms with Crippen LogP contribution >= 0.6 is 0 Å². The SMILES string of the molecule is COc1ccc(N2C[C@@H](NC(=O)c3ccc(F)cc3)CC2=O)cc1OC. The third-order valence-electron chi connectivity index (χ3n) is 4.25. The highest BCUT2D eigenvalue weighted by Gasteiger charge is 2.32. The molecule has 136 valence electrons. The van der Waals surface area contributed by atoms with Gasteiger partial charge >= 0.3 is 0 Å². The van der Waals surface area contributed by atoms with Gasteiger partial charge in [0, 0.05) is 30.3 Å². The number of benzene rings is 2. The number of nitrogens with one attached hydrogen (secondary N) is 1. The third kappa shape index (κ3) is 3.61. The van der Waals surface area contributed by atoms with Crippen molar-refractivity contribution >= 4 is 17.5 Å². The Hall–Kier alpha value is -3.09. The normalized spacial score (nSPS) is 16.5. The van der Waals surface area contributed by atoms with Crippen molar-refractivity contribution in [2.24, 2.45) is 0 Å². The van der Waals surface area contributed by atoms with Crippen LogP contribution in [0.2, 0.25) is 0 Å². The summed E-state index contributed by atoms with van der Waals surface area (Å²) >= 11 is 0. The van der Waals surface area contributed by atoms with Crippen LogP contribution in [-0.2, 0) is 4.79 Å². The fourth-order valence-corrected chi connectivity index (χ4v) is 2.92. The van der Waals surface area contributed by atoms with Gasteiger partial charge < -0.3 is 19.7 Å². The van der Waals surface area contributed by atoms with Crippen LogP contribution in [0, 0.1) is 5.82 Å². The van der Waals surface area contributed by atoms with Gasteiger partial charge in [0.2, 0.25) is 5.91 Å². The highest BCUT2D eigenvalue weighted by atomic mass is 19.1. The highest BCUT2D eigenvalue weighted by molar-refractivity contribution is 5.99. The molecule has 0 unspecified atom stereocenters. The molecule has 0 saturated carbocycles. The molecule has 2 aromatic carbocycles. The number of carbonyl (C=O) groups excluding carboxylic acids is 2. The van der Waals surface area contributed by atoms with E-state index in [1.807, 2.05) is 0 Å². The van der Waals surface area contributed by atoms with E-state index in [-0.39, 0.29) is 24.3 Å². The Morgan fingerprint density at radius 1 is 1.12 bits per heavy atom. The molecule has 0 bridgehead atoms. The largest absolute Gasteiger partial charge is 0.493 e. The van der Waals surface area contributed by atoms with Gasteiger partial charge in [-0.25, -0.2) is 4.39 Å². The number of methoxy groups -OCH3 is 2. The van der Waals surface area contributed by atoms with E-state index in [1.165, 1.54) is 31.4 Å². The number of anilines is 1. The van der Waals surface area contributed by atoms with E-state index in [4.69, 9.17) is 9.47 Å². The lowest BCUT2D eigenvalue weighted by Crippen LogP contribution is -2.37. The molecule has 0 aliphatic carbocycles. The van der Waals surface area contributed by atoms with Gasteiger partial charge in [-0.2, -0.15) is 0 Å². The van der Waals surface area contributed by atoms with Gasteiger partial charge in [-0.3, -0.25) is 9.59 Å². The van der Waals surface area contributed by atoms with Gasteiger partial charge in [-0.15, -0.1) is 0 Å². The van der Waals surface area contributed by atoms with Crippen LogP contribution in [0.5, 0.6) is 11.5 Å². The number of nitrogens with zero attached hydrogens (tertiary/aromatic N) is 1. The predicted octanol–water partition coefficient (Wildman–Crippen LogP) is 2.38. The number of halogens is 1. The summed E-state index contributed by atoms with van der Waals surface area (Å²) in [5.74, 6) is 0.261. The lowest BCUT2D eigenvalue weighted by Gasteiger charge is -2.19. The number of amides is 2. The Bertz CT molecular complexity index is 823. The quantitative estimate of drug-likeness (QED) is 0.891. The molecule has 1 fully saturated rings. The molecule has 1 saturated heterocycles. The van der Waals surface area contributed by atoms with Crippen LogP contribution < -0.4 is 19.7 Å². The van der Waals surface area contributed by atoms with Crippen LogP contribution in [0.1, 0.15) is 16.8 Å². The second kappa shape index (κ2) is 7.43. The fraction of sp³-hybridized carbons (Fsp3) is 0.263. The van der Waals surface area contributed by atoms with E-state index >= 15 is 0 Å². The van der Waals surface area contributed by atoms with Crippen molar-refractivity contribution in [3.05, 3.63) is 53.8 Å². The van der Waals surface area contributed by atoms with E-state index < -0.39 is 5.82 Å². The number of carbonyl (C=O) groups is 2. The summed E-state index contributed by atoms with van der Waals surface area (Å²) in [5, 5.41) is 2.82. The first-order valence-electron chi connectivity index (χ1n) is 8.10. The Kier molecular flexibility index (Phi) is 5.06. The minimum Gasteiger partial charge on any atom is -0.493 e. The van der Waals surface area contributed by atoms with Crippen LogP contribution in [0.25, 0.3) is 0 Å². The summed E-state index contributed by atoms with van der Waals surface area (Å²) in [7, 11) is 3.07. The van der Waals surface area contributed by atoms with Gasteiger partial charge in [-0.1, -0.05) is 0 Å². The molecule has 2 amide bonds. The summed E-state index contributed by atoms with van der Waals surface area (Å²) in [5.41, 5.74) is 1.02. The number of ether oxygens (including phenoxy) is 2. The third-order valence-corrected chi connectivity index (χ3v) is 4.25. The number of hydrogen-bond acceptors (Lipinski definition) is 4. The maximum atomic E-state index is 13.0. The second-order valence-corrected chi connectivity index (χ2v) is 5.93. The zero-order valence-electron chi connectivity index (χ0n) is 14.5. The van der Waals surface area contributed by atoms with Crippen molar-refractivity contribution in [1.82, 2.24) is 5.32 Å². The van der Waals surface area contributed by atoms with Crippen molar-refractivity contribution in [3.63, 3.8) is 0 Å². The number of rotatable bonds is 5. The summed E-state index contributed by atoms with van der Waals surface area (Å²) in [6.45, 7) is 0.348. The van der Waals surface area contributed by atoms with Gasteiger partial charge in [0.1, 0.15) is 5.82 Å². The molecule has 6 nitrogen and oxygen atoms in total. The minimum absolute atomic E-state index is 0.0957. The molecular formula is C19H19FN2O4. The van der Waals surface area contributed by atoms with E-state index in [0.29, 0.717) is 29.3 Å². The lowest BCUT2D eigenvalue weighted by molar-refractivity contribution is -0.117. The molecule has 1 aliphatic heterocycles. The summed E-state index contributed by atoms with van der Waals surface area (Å²) in [6.07, 6.45) is 0.196. The molecule has 0 radical (unpaired) electrons. The Morgan fingerprint density at radius 3 is 2.46 bits per heavy atom. The molecule has 1 heterocycles. The standard InChI is InChI=1S/C19H19FN2O4/c1-25-16-8-7-15(10-17(16)26-2)22-11-14(9-18(22)23)21-19(24)12-3-5-13(20)6-4-12/h3-8,10,14H,9,11H2,1-2H3,(H,21,24)/t14-/m0/s1. The summed E-state index contributed by atoms with van der Waals surface area (Å²) in [4.78, 5) is 26.2. The van der Waals surface area contributed by atoms with Gasteiger partial charge in [0.25, 0.3) is 5.91 Å². The van der Waals surface area contributed by atoms with Crippen LogP contribution in [0.3, 0.4) is 0 Å². The molecular weight excluding hydrogens is 339 g/mol. The zero-order valence-corrected chi connectivity index (χ0v) is 14.5. The van der Waals surface area contributed by atoms with Crippen molar-refractivity contribution in [2.75, 3.05) is 25.7 Å². The van der Waals surface area contributed by atoms with E-state index in [1.54, 1.807) is 30.2 Å². The average Bonchev–Trinajstić information content (AvgIpc) is 3.01. The monoisotopic (exact) mass is 358 g/mol. The Labute approximate surface area is 150 Å². The van der Waals surface area contributed by atoms with E-state index in [0.717, 1.165) is 0 Å². The molecule has 26 heavy (non-hydrogen) atoms. The first-order valence-corrected chi connectivity index (χ1v) is 8.10. The molecule has 2 aromatic rings. The molecule has 3 rings (SSSR count). The summed E-state index contributed by atoms with van der Waals surface area (Å²) in [6, 6.07) is 10.2. The molecule has 0 spiro atoms. The maximum absolute atomic E-state index is 13.0. The van der Waals surface area contributed by atoms with Gasteiger partial charge in [-0.05, 0) is 36.4 Å². The van der Waals surface area contributed by atoms with Gasteiger partial charge in [0.15, 0.2) is 11.5 Å². The highest BCUT2D eigenvalue weighted by Crippen LogP contribution is 2.33. The van der Waals surface area contributed by atoms with E-state index in [2.05, 4.69) is 5.32 Å². The average molecular weight is 358 g/mol. The van der Waals surface area contributed by atoms with Crippen LogP contribution in [0.4, 0.5) is 10.1 Å². The predicted molar refractivity (Wildman–Crippen MR) is 94.2 cm³/mol. The minimum atomic E-state index is -0.405. The van der Waals surface area contributed by atoms with Crippen molar-refractivity contribution < 1.29 is 23.5 Å². The first kappa shape index (κ1) is 17.7. The summed E-state index contributed by atoms with van der Waals surface area (Å²) < 4.78 is 23.4. The smallest absolute Gasteiger partial charge is 0.251 e. The molecule has 1 N–H and O–H groups in total. The number of hydrogen-bond donors (Lipinski definition) is 1. The molecule has 7 heteroatoms. The van der Waals surface area contributed by atoms with Crippen molar-refractivity contribution in [1.29, 1.82) is 0 Å². The maximum Gasteiger partial charge on any atom is 0.251 e. The topological polar surface area (TPSA) is 67.9 Å². The van der Waals surface area contributed by atoms with Gasteiger partial charge in [0.05, 0.1) is 20.3 Å². The second-order valence-electron chi connectivity index (χ2n) is 5.93. The fourth-order valence-electron chi connectivity index (χ4n) is 2.92. The molecule has 0 aromatic heterocycles. The van der Waals surface area contributed by atoms with Crippen LogP contribution in [-0.4, -0.2) is 38.6 Å². The van der Waals surface area contributed by atoms with E-state index in [9.17, 15) is 14.0 Å².